The van der Waals surface area contributed by atoms with Crippen molar-refractivity contribution in [2.45, 2.75) is 38.1 Å². The zero-order valence-corrected chi connectivity index (χ0v) is 9.36. The Morgan fingerprint density at radius 1 is 1.47 bits per heavy atom. The van der Waals surface area contributed by atoms with Gasteiger partial charge in [0.1, 0.15) is 5.76 Å². The topological polar surface area (TPSA) is 38.1 Å². The Labute approximate surface area is 90.3 Å². The Morgan fingerprint density at radius 3 is 2.87 bits per heavy atom. The number of rotatable bonds is 3. The highest BCUT2D eigenvalue weighted by atomic mass is 16.4. The molecule has 0 radical (unpaired) electrons. The number of hydrogen-bond donors (Lipinski definition) is 1. The fourth-order valence-corrected chi connectivity index (χ4v) is 3.02. The van der Waals surface area contributed by atoms with Crippen LogP contribution in [0.5, 0.6) is 0 Å². The third kappa shape index (κ3) is 1.41. The fourth-order valence-electron chi connectivity index (χ4n) is 3.02. The highest BCUT2D eigenvalue weighted by Crippen LogP contribution is 2.63. The summed E-state index contributed by atoms with van der Waals surface area (Å²) in [6, 6.07) is 0.220. The van der Waals surface area contributed by atoms with Crippen molar-refractivity contribution in [2.75, 3.05) is 7.05 Å². The highest BCUT2D eigenvalue weighted by molar-refractivity contribution is 5.20. The molecule has 3 heteroatoms. The maximum Gasteiger partial charge on any atom is 0.211 e. The van der Waals surface area contributed by atoms with E-state index in [0.29, 0.717) is 5.92 Å². The minimum Gasteiger partial charge on any atom is -0.444 e. The first-order valence-corrected chi connectivity index (χ1v) is 5.94. The molecule has 15 heavy (non-hydrogen) atoms. The summed E-state index contributed by atoms with van der Waals surface area (Å²) in [6.07, 6.45) is 6.14. The van der Waals surface area contributed by atoms with Crippen molar-refractivity contribution in [1.29, 1.82) is 0 Å². The van der Waals surface area contributed by atoms with E-state index in [9.17, 15) is 0 Å². The number of nitrogens with one attached hydrogen (secondary N) is 1. The quantitative estimate of drug-likeness (QED) is 0.825. The average Bonchev–Trinajstić information content (AvgIpc) is 2.74. The summed E-state index contributed by atoms with van der Waals surface area (Å²) in [5.41, 5.74) is 0. The first-order valence-electron chi connectivity index (χ1n) is 5.94. The lowest BCUT2D eigenvalue weighted by molar-refractivity contribution is 0.398. The maximum atomic E-state index is 5.82. The second-order valence-corrected chi connectivity index (χ2v) is 4.90. The molecule has 2 aliphatic carbocycles. The molecule has 0 saturated heterocycles. The van der Waals surface area contributed by atoms with Crippen molar-refractivity contribution >= 4 is 0 Å². The molecule has 2 saturated carbocycles. The minimum absolute atomic E-state index is 0.220. The minimum atomic E-state index is 0.220. The van der Waals surface area contributed by atoms with E-state index < -0.39 is 0 Å². The molecule has 3 rings (SSSR count). The third-order valence-corrected chi connectivity index (χ3v) is 4.08. The number of nitrogens with zero attached hydrogens (tertiary/aromatic N) is 1. The molecule has 1 aromatic rings. The van der Waals surface area contributed by atoms with Gasteiger partial charge < -0.3 is 9.73 Å². The van der Waals surface area contributed by atoms with Gasteiger partial charge in [-0.3, -0.25) is 0 Å². The molecule has 0 aliphatic heterocycles. The Hall–Kier alpha value is -0.830. The molecule has 1 heterocycles. The van der Waals surface area contributed by atoms with Gasteiger partial charge >= 0.3 is 0 Å². The maximum absolute atomic E-state index is 5.82. The molecule has 1 aromatic heterocycles. The van der Waals surface area contributed by atoms with Gasteiger partial charge in [0.15, 0.2) is 0 Å². The Balaban J connectivity index is 1.75. The predicted molar refractivity (Wildman–Crippen MR) is 57.5 cm³/mol. The fraction of sp³-hybridized carbons (Fsp3) is 0.750. The predicted octanol–water partition coefficient (Wildman–Crippen LogP) is 2.47. The number of hydrogen-bond acceptors (Lipinski definition) is 3. The zero-order valence-electron chi connectivity index (χ0n) is 9.36. The lowest BCUT2D eigenvalue weighted by Gasteiger charge is -2.04. The Kier molecular flexibility index (Phi) is 2.09. The van der Waals surface area contributed by atoms with Crippen LogP contribution in [-0.2, 0) is 0 Å². The smallest absolute Gasteiger partial charge is 0.211 e. The van der Waals surface area contributed by atoms with Crippen LogP contribution in [0.3, 0.4) is 0 Å². The zero-order chi connectivity index (χ0) is 10.4. The van der Waals surface area contributed by atoms with E-state index in [1.165, 1.54) is 19.3 Å². The SMILES string of the molecule is CNC(C)c1ncc(C2C3CCCC32)o1. The van der Waals surface area contributed by atoms with Crippen molar-refractivity contribution in [3.8, 4) is 0 Å². The van der Waals surface area contributed by atoms with Crippen molar-refractivity contribution in [1.82, 2.24) is 10.3 Å². The van der Waals surface area contributed by atoms with Crippen LogP contribution in [0.1, 0.15) is 49.8 Å². The molecule has 0 amide bonds. The largest absolute Gasteiger partial charge is 0.444 e. The standard InChI is InChI=1S/C12H18N2O/c1-7(13-2)12-14-6-10(15-12)11-8-4-3-5-9(8)11/h6-9,11,13H,3-5H2,1-2H3. The summed E-state index contributed by atoms with van der Waals surface area (Å²) in [4.78, 5) is 4.35. The second kappa shape index (κ2) is 3.34. The highest BCUT2D eigenvalue weighted by Gasteiger charge is 2.55. The van der Waals surface area contributed by atoms with Crippen molar-refractivity contribution < 1.29 is 4.42 Å². The Morgan fingerprint density at radius 2 is 2.20 bits per heavy atom. The van der Waals surface area contributed by atoms with E-state index in [1.54, 1.807) is 0 Å². The number of oxazole rings is 1. The van der Waals surface area contributed by atoms with Crippen molar-refractivity contribution in [3.63, 3.8) is 0 Å². The molecule has 3 unspecified atom stereocenters. The molecule has 0 bridgehead atoms. The molecule has 2 fully saturated rings. The monoisotopic (exact) mass is 206 g/mol. The number of fused-ring (bicyclic) bond motifs is 1. The van der Waals surface area contributed by atoms with E-state index in [2.05, 4.69) is 17.2 Å². The molecule has 1 N–H and O–H groups in total. The third-order valence-electron chi connectivity index (χ3n) is 4.08. The molecule has 82 valence electrons. The summed E-state index contributed by atoms with van der Waals surface area (Å²) in [5, 5.41) is 3.15. The first kappa shape index (κ1) is 9.40. The summed E-state index contributed by atoms with van der Waals surface area (Å²) < 4.78 is 5.82. The van der Waals surface area contributed by atoms with E-state index in [0.717, 1.165) is 23.5 Å². The first-order chi connectivity index (χ1) is 7.31. The van der Waals surface area contributed by atoms with Gasteiger partial charge in [0.25, 0.3) is 0 Å². The summed E-state index contributed by atoms with van der Waals surface area (Å²) in [6.45, 7) is 2.07. The van der Waals surface area contributed by atoms with Gasteiger partial charge in [-0.05, 0) is 38.6 Å². The summed E-state index contributed by atoms with van der Waals surface area (Å²) >= 11 is 0. The molecular formula is C12H18N2O. The van der Waals surface area contributed by atoms with Crippen molar-refractivity contribution in [3.05, 3.63) is 17.8 Å². The van der Waals surface area contributed by atoms with Gasteiger partial charge in [-0.25, -0.2) is 4.98 Å². The van der Waals surface area contributed by atoms with E-state index in [1.807, 2.05) is 13.2 Å². The van der Waals surface area contributed by atoms with Crippen LogP contribution in [0.25, 0.3) is 0 Å². The lowest BCUT2D eigenvalue weighted by Crippen LogP contribution is -2.12. The van der Waals surface area contributed by atoms with Crippen LogP contribution in [-0.4, -0.2) is 12.0 Å². The normalized spacial score (nSPS) is 35.2. The lowest BCUT2D eigenvalue weighted by atomic mass is 10.1. The van der Waals surface area contributed by atoms with Crippen molar-refractivity contribution in [2.24, 2.45) is 11.8 Å². The molecule has 0 spiro atoms. The van der Waals surface area contributed by atoms with E-state index >= 15 is 0 Å². The van der Waals surface area contributed by atoms with Gasteiger partial charge in [0.2, 0.25) is 5.89 Å². The molecule has 3 atom stereocenters. The van der Waals surface area contributed by atoms with Crippen LogP contribution in [0, 0.1) is 11.8 Å². The van der Waals surface area contributed by atoms with Crippen LogP contribution < -0.4 is 5.32 Å². The molecule has 2 aliphatic rings. The molecule has 0 aromatic carbocycles. The van der Waals surface area contributed by atoms with Gasteiger partial charge in [-0.15, -0.1) is 0 Å². The van der Waals surface area contributed by atoms with E-state index in [4.69, 9.17) is 4.42 Å². The second-order valence-electron chi connectivity index (χ2n) is 4.90. The summed E-state index contributed by atoms with van der Waals surface area (Å²) in [5.74, 6) is 4.48. The molecule has 3 nitrogen and oxygen atoms in total. The van der Waals surface area contributed by atoms with Gasteiger partial charge in [0.05, 0.1) is 12.2 Å². The van der Waals surface area contributed by atoms with Crippen LogP contribution in [0.15, 0.2) is 10.6 Å². The Bertz CT molecular complexity index is 350. The van der Waals surface area contributed by atoms with Crippen LogP contribution >= 0.6 is 0 Å². The van der Waals surface area contributed by atoms with Gasteiger partial charge in [0, 0.05) is 5.92 Å². The van der Waals surface area contributed by atoms with Gasteiger partial charge in [-0.1, -0.05) is 6.42 Å². The average molecular weight is 206 g/mol. The van der Waals surface area contributed by atoms with Gasteiger partial charge in [-0.2, -0.15) is 0 Å². The van der Waals surface area contributed by atoms with Crippen LogP contribution in [0.2, 0.25) is 0 Å². The summed E-state index contributed by atoms with van der Waals surface area (Å²) in [7, 11) is 1.93. The van der Waals surface area contributed by atoms with Crippen LogP contribution in [0.4, 0.5) is 0 Å². The number of aromatic nitrogens is 1. The molecular weight excluding hydrogens is 188 g/mol. The van der Waals surface area contributed by atoms with E-state index in [-0.39, 0.29) is 6.04 Å².